The Balaban J connectivity index is 1.58. The van der Waals surface area contributed by atoms with E-state index in [1.165, 1.54) is 12.8 Å². The van der Waals surface area contributed by atoms with E-state index >= 15 is 0 Å². The van der Waals surface area contributed by atoms with Crippen molar-refractivity contribution in [1.82, 2.24) is 15.3 Å². The molecule has 2 amide bonds. The van der Waals surface area contributed by atoms with Gasteiger partial charge < -0.3 is 15.4 Å². The summed E-state index contributed by atoms with van der Waals surface area (Å²) in [6.45, 7) is 8.08. The number of aromatic nitrogens is 2. The van der Waals surface area contributed by atoms with E-state index in [0.29, 0.717) is 11.6 Å². The van der Waals surface area contributed by atoms with Crippen LogP contribution >= 0.6 is 0 Å². The first-order chi connectivity index (χ1) is 10.3. The maximum atomic E-state index is 12.2. The molecule has 0 aromatic carbocycles. The van der Waals surface area contributed by atoms with Crippen LogP contribution in [0.2, 0.25) is 0 Å². The molecule has 6 heteroatoms. The van der Waals surface area contributed by atoms with Crippen LogP contribution in [0.1, 0.15) is 58.7 Å². The van der Waals surface area contributed by atoms with Crippen molar-refractivity contribution in [2.45, 2.75) is 70.1 Å². The molecular weight excluding hydrogens is 280 g/mol. The van der Waals surface area contributed by atoms with E-state index in [0.717, 1.165) is 12.2 Å². The van der Waals surface area contributed by atoms with E-state index in [1.807, 2.05) is 27.7 Å². The van der Waals surface area contributed by atoms with Gasteiger partial charge in [0, 0.05) is 5.92 Å². The van der Waals surface area contributed by atoms with Gasteiger partial charge in [-0.3, -0.25) is 0 Å². The molecule has 120 valence electrons. The molecule has 1 saturated heterocycles. The molecule has 1 saturated carbocycles. The summed E-state index contributed by atoms with van der Waals surface area (Å²) in [5.74, 6) is 1.39. The highest BCUT2D eigenvalue weighted by atomic mass is 16.5. The molecule has 6 nitrogen and oxygen atoms in total. The summed E-state index contributed by atoms with van der Waals surface area (Å²) in [7, 11) is 0. The van der Waals surface area contributed by atoms with Crippen LogP contribution in [0.3, 0.4) is 0 Å². The molecule has 2 N–H and O–H groups in total. The fourth-order valence-electron chi connectivity index (χ4n) is 3.07. The lowest BCUT2D eigenvalue weighted by atomic mass is 9.95. The lowest BCUT2D eigenvalue weighted by Crippen LogP contribution is -2.47. The van der Waals surface area contributed by atoms with Gasteiger partial charge in [-0.2, -0.15) is 0 Å². The molecule has 1 aliphatic heterocycles. The van der Waals surface area contributed by atoms with Crippen molar-refractivity contribution in [3.05, 3.63) is 18.2 Å². The summed E-state index contributed by atoms with van der Waals surface area (Å²) in [6, 6.07) is -0.281. The van der Waals surface area contributed by atoms with Crippen molar-refractivity contribution < 1.29 is 9.53 Å². The average molecular weight is 304 g/mol. The van der Waals surface area contributed by atoms with E-state index in [-0.39, 0.29) is 23.3 Å². The van der Waals surface area contributed by atoms with E-state index in [1.54, 1.807) is 12.4 Å². The number of carbonyl (C=O) groups excluding carboxylic acids is 1. The molecule has 3 rings (SSSR count). The molecule has 0 spiro atoms. The topological polar surface area (TPSA) is 76.1 Å². The molecule has 0 radical (unpaired) electrons. The number of hydrogen-bond acceptors (Lipinski definition) is 4. The molecule has 1 aromatic rings. The van der Waals surface area contributed by atoms with Crippen molar-refractivity contribution in [2.24, 2.45) is 0 Å². The van der Waals surface area contributed by atoms with Gasteiger partial charge in [0.25, 0.3) is 0 Å². The molecule has 1 aromatic heterocycles. The Labute approximate surface area is 131 Å². The van der Waals surface area contributed by atoms with Crippen LogP contribution in [0.4, 0.5) is 10.5 Å². The van der Waals surface area contributed by atoms with Crippen molar-refractivity contribution in [3.63, 3.8) is 0 Å². The van der Waals surface area contributed by atoms with Crippen LogP contribution in [-0.2, 0) is 4.74 Å². The minimum absolute atomic E-state index is 0.0332. The third kappa shape index (κ3) is 3.38. The highest BCUT2D eigenvalue weighted by Crippen LogP contribution is 2.38. The number of urea groups is 1. The van der Waals surface area contributed by atoms with Crippen LogP contribution in [0.25, 0.3) is 0 Å². The van der Waals surface area contributed by atoms with E-state index in [4.69, 9.17) is 4.74 Å². The maximum Gasteiger partial charge on any atom is 0.319 e. The molecule has 2 aliphatic rings. The van der Waals surface area contributed by atoms with E-state index in [2.05, 4.69) is 20.6 Å². The first-order valence-electron chi connectivity index (χ1n) is 7.85. The number of anilines is 1. The SMILES string of the molecule is CC1(C)CC(NC(=O)Nc2cnc(C3CC3)nc2)C(C)(C)O1. The van der Waals surface area contributed by atoms with Crippen LogP contribution in [0.15, 0.2) is 12.4 Å². The smallest absolute Gasteiger partial charge is 0.319 e. The number of ether oxygens (including phenoxy) is 1. The zero-order valence-corrected chi connectivity index (χ0v) is 13.6. The Bertz CT molecular complexity index is 564. The first-order valence-corrected chi connectivity index (χ1v) is 7.85. The third-order valence-electron chi connectivity index (χ3n) is 4.25. The normalized spacial score (nSPS) is 25.7. The standard InChI is InChI=1S/C16H24N4O2/c1-15(2)7-12(16(3,4)22-15)20-14(21)19-11-8-17-13(18-9-11)10-5-6-10/h8-10,12H,5-7H2,1-4H3,(H2,19,20,21). The second kappa shape index (κ2) is 5.19. The van der Waals surface area contributed by atoms with Gasteiger partial charge in [-0.25, -0.2) is 14.8 Å². The van der Waals surface area contributed by atoms with Crippen LogP contribution < -0.4 is 10.6 Å². The molecule has 2 fully saturated rings. The second-order valence-corrected chi connectivity index (χ2v) is 7.42. The Hall–Kier alpha value is -1.69. The van der Waals surface area contributed by atoms with Crippen LogP contribution in [0.5, 0.6) is 0 Å². The third-order valence-corrected chi connectivity index (χ3v) is 4.25. The van der Waals surface area contributed by atoms with Gasteiger partial charge in [0.1, 0.15) is 5.82 Å². The lowest BCUT2D eigenvalue weighted by Gasteiger charge is -2.27. The predicted molar refractivity (Wildman–Crippen MR) is 83.8 cm³/mol. The minimum atomic E-state index is -0.382. The van der Waals surface area contributed by atoms with Crippen LogP contribution in [0, 0.1) is 0 Å². The minimum Gasteiger partial charge on any atom is -0.367 e. The quantitative estimate of drug-likeness (QED) is 0.900. The molecule has 1 atom stereocenters. The van der Waals surface area contributed by atoms with Crippen molar-refractivity contribution >= 4 is 11.7 Å². The number of hydrogen-bond donors (Lipinski definition) is 2. The zero-order valence-electron chi connectivity index (χ0n) is 13.6. The number of nitrogens with one attached hydrogen (secondary N) is 2. The maximum absolute atomic E-state index is 12.2. The van der Waals surface area contributed by atoms with Gasteiger partial charge in [0.2, 0.25) is 0 Å². The van der Waals surface area contributed by atoms with Gasteiger partial charge >= 0.3 is 6.03 Å². The number of rotatable bonds is 3. The largest absolute Gasteiger partial charge is 0.367 e. The summed E-state index contributed by atoms with van der Waals surface area (Å²) >= 11 is 0. The Morgan fingerprint density at radius 3 is 2.36 bits per heavy atom. The monoisotopic (exact) mass is 304 g/mol. The summed E-state index contributed by atoms with van der Waals surface area (Å²) in [4.78, 5) is 20.8. The molecule has 1 unspecified atom stereocenters. The lowest BCUT2D eigenvalue weighted by molar-refractivity contribution is -0.0689. The van der Waals surface area contributed by atoms with Gasteiger partial charge in [0.05, 0.1) is 35.3 Å². The van der Waals surface area contributed by atoms with Gasteiger partial charge in [-0.15, -0.1) is 0 Å². The Kier molecular flexibility index (Phi) is 3.59. The van der Waals surface area contributed by atoms with Crippen molar-refractivity contribution in [2.75, 3.05) is 5.32 Å². The van der Waals surface area contributed by atoms with Crippen molar-refractivity contribution in [3.8, 4) is 0 Å². The molecule has 2 heterocycles. The summed E-state index contributed by atoms with van der Waals surface area (Å²) in [6.07, 6.45) is 6.45. The van der Waals surface area contributed by atoms with Crippen LogP contribution in [-0.4, -0.2) is 33.2 Å². The fraction of sp³-hybridized carbons (Fsp3) is 0.688. The highest BCUT2D eigenvalue weighted by molar-refractivity contribution is 5.89. The molecular formula is C16H24N4O2. The predicted octanol–water partition coefficient (Wildman–Crippen LogP) is 2.82. The van der Waals surface area contributed by atoms with Crippen molar-refractivity contribution in [1.29, 1.82) is 0 Å². The Morgan fingerprint density at radius 2 is 1.86 bits per heavy atom. The van der Waals surface area contributed by atoms with Gasteiger partial charge in [0.15, 0.2) is 0 Å². The first kappa shape index (κ1) is 15.2. The van der Waals surface area contributed by atoms with E-state index in [9.17, 15) is 4.79 Å². The summed E-state index contributed by atoms with van der Waals surface area (Å²) < 4.78 is 5.98. The Morgan fingerprint density at radius 1 is 1.23 bits per heavy atom. The summed E-state index contributed by atoms with van der Waals surface area (Å²) in [5.41, 5.74) is 0.00165. The van der Waals surface area contributed by atoms with Gasteiger partial charge in [-0.1, -0.05) is 0 Å². The summed E-state index contributed by atoms with van der Waals surface area (Å²) in [5, 5.41) is 5.78. The molecule has 22 heavy (non-hydrogen) atoms. The van der Waals surface area contributed by atoms with Gasteiger partial charge in [-0.05, 0) is 47.0 Å². The molecule has 1 aliphatic carbocycles. The number of nitrogens with zero attached hydrogens (tertiary/aromatic N) is 2. The highest BCUT2D eigenvalue weighted by Gasteiger charge is 2.46. The average Bonchev–Trinajstić information content (AvgIpc) is 3.18. The number of amides is 2. The second-order valence-electron chi connectivity index (χ2n) is 7.42. The zero-order chi connectivity index (χ0) is 16.0. The molecule has 0 bridgehead atoms. The number of carbonyl (C=O) groups is 1. The van der Waals surface area contributed by atoms with E-state index < -0.39 is 0 Å². The fourth-order valence-corrected chi connectivity index (χ4v) is 3.07.